The molecule has 0 bridgehead atoms. The molecule has 0 saturated carbocycles. The summed E-state index contributed by atoms with van der Waals surface area (Å²) in [5.41, 5.74) is 2.66. The molecule has 0 saturated heterocycles. The van der Waals surface area contributed by atoms with Crippen LogP contribution in [0.15, 0.2) is 62.4 Å². The monoisotopic (exact) mass is 412 g/mol. The molecule has 2 rings (SSSR count). The van der Waals surface area contributed by atoms with Gasteiger partial charge in [0, 0.05) is 0 Å². The van der Waals surface area contributed by atoms with Crippen molar-refractivity contribution >= 4 is 38.8 Å². The maximum absolute atomic E-state index is 2.40. The van der Waals surface area contributed by atoms with Crippen LogP contribution in [-0.2, 0) is 0 Å². The van der Waals surface area contributed by atoms with Gasteiger partial charge in [-0.15, -0.1) is 0 Å². The van der Waals surface area contributed by atoms with Crippen LogP contribution < -0.4 is 0 Å². The number of aryl methyl sites for hydroxylation is 1. The van der Waals surface area contributed by atoms with Crippen molar-refractivity contribution in [3.8, 4) is 0 Å². The summed E-state index contributed by atoms with van der Waals surface area (Å²) in [6.07, 6.45) is 5.07. The molecule has 21 heavy (non-hydrogen) atoms. The van der Waals surface area contributed by atoms with E-state index in [1.54, 1.807) is 2.95 Å². The van der Waals surface area contributed by atoms with E-state index in [0.29, 0.717) is 0 Å². The van der Waals surface area contributed by atoms with Crippen LogP contribution in [-0.4, -0.2) is 20.9 Å². The summed E-state index contributed by atoms with van der Waals surface area (Å²) in [5, 5.41) is 0. The van der Waals surface area contributed by atoms with Gasteiger partial charge in [0.05, 0.1) is 0 Å². The van der Waals surface area contributed by atoms with Crippen LogP contribution in [0.25, 0.3) is 6.08 Å². The average Bonchev–Trinajstić information content (AvgIpc) is 2.51. The summed E-state index contributed by atoms with van der Waals surface area (Å²) in [7, 11) is 0. The fraction of sp³-hybridized carbons (Fsp3) is 0.263. The van der Waals surface area contributed by atoms with Crippen LogP contribution in [0.3, 0.4) is 0 Å². The molecule has 0 aliphatic carbocycles. The van der Waals surface area contributed by atoms with Crippen molar-refractivity contribution < 1.29 is 0 Å². The second-order valence-electron chi connectivity index (χ2n) is 4.99. The van der Waals surface area contributed by atoms with Crippen molar-refractivity contribution in [1.29, 1.82) is 0 Å². The molecule has 0 atom stereocenters. The first-order valence-electron chi connectivity index (χ1n) is 7.42. The van der Waals surface area contributed by atoms with E-state index in [0.717, 1.165) is 0 Å². The van der Waals surface area contributed by atoms with Crippen molar-refractivity contribution in [3.63, 3.8) is 0 Å². The number of benzene rings is 2. The van der Waals surface area contributed by atoms with E-state index in [-0.39, 0.29) is 20.9 Å². The SMILES string of the molecule is CCCC[Te]/C(=C\c1ccc(C)cc1)Sc1ccccc1. The maximum atomic E-state index is 2.40. The fourth-order valence-corrected chi connectivity index (χ4v) is 6.92. The molecule has 0 fully saturated rings. The first-order chi connectivity index (χ1) is 10.3. The van der Waals surface area contributed by atoms with Gasteiger partial charge < -0.3 is 0 Å². The molecule has 2 heteroatoms. The van der Waals surface area contributed by atoms with Crippen molar-refractivity contribution in [1.82, 2.24) is 0 Å². The molecular weight excluding hydrogens is 388 g/mol. The van der Waals surface area contributed by atoms with E-state index < -0.39 is 0 Å². The van der Waals surface area contributed by atoms with Gasteiger partial charge in [-0.25, -0.2) is 0 Å². The standard InChI is InChI=1S/C19H22STe/c1-3-4-14-21-19(20-18-8-6-5-7-9-18)15-17-12-10-16(2)11-13-17/h5-13,15H,3-4,14H2,1-2H3/b19-15-. The molecule has 0 aromatic heterocycles. The number of hydrogen-bond acceptors (Lipinski definition) is 1. The van der Waals surface area contributed by atoms with Gasteiger partial charge in [-0.3, -0.25) is 0 Å². The van der Waals surface area contributed by atoms with Gasteiger partial charge in [0.15, 0.2) is 0 Å². The summed E-state index contributed by atoms with van der Waals surface area (Å²) in [6.45, 7) is 4.42. The topological polar surface area (TPSA) is 0 Å². The molecule has 110 valence electrons. The van der Waals surface area contributed by atoms with Crippen LogP contribution in [0.4, 0.5) is 0 Å². The third-order valence-electron chi connectivity index (χ3n) is 3.07. The van der Waals surface area contributed by atoms with Gasteiger partial charge in [0.2, 0.25) is 0 Å². The molecular formula is C19H22STe. The Morgan fingerprint density at radius 2 is 1.76 bits per heavy atom. The summed E-state index contributed by atoms with van der Waals surface area (Å²) >= 11 is 1.88. The van der Waals surface area contributed by atoms with Gasteiger partial charge >= 0.3 is 143 Å². The van der Waals surface area contributed by atoms with Crippen molar-refractivity contribution in [2.45, 2.75) is 36.1 Å². The zero-order valence-corrected chi connectivity index (χ0v) is 15.9. The number of unbranched alkanes of at least 4 members (excludes halogenated alkanes) is 1. The van der Waals surface area contributed by atoms with Gasteiger partial charge in [-0.2, -0.15) is 0 Å². The normalized spacial score (nSPS) is 11.6. The second-order valence-corrected chi connectivity index (χ2v) is 10.2. The third kappa shape index (κ3) is 6.30. The van der Waals surface area contributed by atoms with Gasteiger partial charge in [-0.1, -0.05) is 0 Å². The average molecular weight is 410 g/mol. The molecule has 0 spiro atoms. The van der Waals surface area contributed by atoms with E-state index in [1.165, 1.54) is 33.3 Å². The first kappa shape index (κ1) is 16.7. The molecule has 0 radical (unpaired) electrons. The molecule has 0 amide bonds. The molecule has 2 aromatic carbocycles. The van der Waals surface area contributed by atoms with Crippen molar-refractivity contribution in [3.05, 3.63) is 68.7 Å². The number of rotatable bonds is 7. The van der Waals surface area contributed by atoms with Crippen LogP contribution in [0.1, 0.15) is 30.9 Å². The van der Waals surface area contributed by atoms with Crippen LogP contribution in [0.2, 0.25) is 4.47 Å². The van der Waals surface area contributed by atoms with Gasteiger partial charge in [0.25, 0.3) is 0 Å². The van der Waals surface area contributed by atoms with Gasteiger partial charge in [-0.05, 0) is 0 Å². The quantitative estimate of drug-likeness (QED) is 0.306. The minimum atomic E-state index is -0.0740. The molecule has 0 aliphatic heterocycles. The summed E-state index contributed by atoms with van der Waals surface area (Å²) in [4.78, 5) is 1.36. The summed E-state index contributed by atoms with van der Waals surface area (Å²) < 4.78 is 2.99. The summed E-state index contributed by atoms with van der Waals surface area (Å²) in [5.74, 6) is 0. The van der Waals surface area contributed by atoms with Crippen LogP contribution in [0.5, 0.6) is 0 Å². The minimum absolute atomic E-state index is 0.0740. The Kier molecular flexibility index (Phi) is 7.44. The van der Waals surface area contributed by atoms with E-state index in [4.69, 9.17) is 0 Å². The Labute approximate surface area is 143 Å². The fourth-order valence-electron chi connectivity index (χ4n) is 1.82. The molecule has 2 aromatic rings. The Morgan fingerprint density at radius 1 is 1.05 bits per heavy atom. The molecule has 0 N–H and O–H groups in total. The molecule has 0 nitrogen and oxygen atoms in total. The van der Waals surface area contributed by atoms with E-state index in [2.05, 4.69) is 74.5 Å². The predicted octanol–water partition coefficient (Wildman–Crippen LogP) is 6.01. The number of thioether (sulfide) groups is 1. The summed E-state index contributed by atoms with van der Waals surface area (Å²) in [6, 6.07) is 19.6. The van der Waals surface area contributed by atoms with E-state index >= 15 is 0 Å². The zero-order valence-electron chi connectivity index (χ0n) is 12.7. The van der Waals surface area contributed by atoms with Crippen LogP contribution in [0, 0.1) is 6.92 Å². The van der Waals surface area contributed by atoms with E-state index in [9.17, 15) is 0 Å². The third-order valence-corrected chi connectivity index (χ3v) is 7.95. The molecule has 0 aliphatic rings. The van der Waals surface area contributed by atoms with E-state index in [1.807, 2.05) is 11.8 Å². The Hall–Kier alpha value is -0.680. The molecule has 0 unspecified atom stereocenters. The second kappa shape index (κ2) is 9.36. The Morgan fingerprint density at radius 3 is 2.43 bits per heavy atom. The Bertz CT molecular complexity index is 558. The predicted molar refractivity (Wildman–Crippen MR) is 96.9 cm³/mol. The number of hydrogen-bond donors (Lipinski definition) is 0. The Balaban J connectivity index is 2.12. The van der Waals surface area contributed by atoms with Gasteiger partial charge in [0.1, 0.15) is 0 Å². The zero-order chi connectivity index (χ0) is 14.9. The van der Waals surface area contributed by atoms with Crippen molar-refractivity contribution in [2.75, 3.05) is 0 Å². The first-order valence-corrected chi connectivity index (χ1v) is 11.0. The molecule has 0 heterocycles. The van der Waals surface area contributed by atoms with Crippen LogP contribution >= 0.6 is 11.8 Å². The van der Waals surface area contributed by atoms with Crippen molar-refractivity contribution in [2.24, 2.45) is 0 Å².